The van der Waals surface area contributed by atoms with Crippen LogP contribution in [0.3, 0.4) is 0 Å². The quantitative estimate of drug-likeness (QED) is 0.211. The first kappa shape index (κ1) is 20.5. The number of carbonyl (C=O) groups is 1. The third-order valence-electron chi connectivity index (χ3n) is 5.15. The van der Waals surface area contributed by atoms with Gasteiger partial charge in [-0.1, -0.05) is 78.0 Å². The number of ketones is 1. The summed E-state index contributed by atoms with van der Waals surface area (Å²) in [6.07, 6.45) is 0. The highest BCUT2D eigenvalue weighted by Crippen LogP contribution is 2.29. The van der Waals surface area contributed by atoms with E-state index in [1.807, 2.05) is 102 Å². The highest BCUT2D eigenvalue weighted by Gasteiger charge is 2.18. The number of Topliss-reactive ketones (excluding diaryl/α,β-unsaturated/α-hetero) is 1. The molecule has 6 heteroatoms. The summed E-state index contributed by atoms with van der Waals surface area (Å²) in [5, 5.41) is 12.3. The largest absolute Gasteiger partial charge is 0.293 e. The molecule has 156 valence electrons. The Kier molecular flexibility index (Phi) is 5.75. The lowest BCUT2D eigenvalue weighted by Crippen LogP contribution is -2.05. The number of para-hydroxylation sites is 1. The number of benzene rings is 4. The molecule has 0 saturated carbocycles. The maximum Gasteiger partial charge on any atom is 0.196 e. The minimum atomic E-state index is 0.0522. The molecule has 0 aliphatic heterocycles. The van der Waals surface area contributed by atoms with Crippen molar-refractivity contribution in [1.29, 1.82) is 0 Å². The molecule has 5 rings (SSSR count). The molecule has 0 aliphatic carbocycles. The van der Waals surface area contributed by atoms with Crippen LogP contribution in [-0.4, -0.2) is 26.3 Å². The van der Waals surface area contributed by atoms with Gasteiger partial charge in [0.2, 0.25) is 0 Å². The molecule has 1 aromatic heterocycles. The average Bonchev–Trinajstić information content (AvgIpc) is 3.27. The third-order valence-corrected chi connectivity index (χ3v) is 6.33. The van der Waals surface area contributed by atoms with Crippen LogP contribution < -0.4 is 0 Å². The molecule has 5 aromatic rings. The van der Waals surface area contributed by atoms with Gasteiger partial charge in [0, 0.05) is 21.8 Å². The van der Waals surface area contributed by atoms with Crippen LogP contribution in [0.15, 0.2) is 102 Å². The standard InChI is InChI=1S/C26H18ClN3OS/c27-22-14-12-19(13-15-22)25-28-29-26(30(25)23-8-2-1-3-9-23)32-17-24(31)21-11-10-18-6-4-5-7-20(18)16-21/h1-16H,17H2. The highest BCUT2D eigenvalue weighted by molar-refractivity contribution is 7.99. The second kappa shape index (κ2) is 8.99. The van der Waals surface area contributed by atoms with Gasteiger partial charge in [0.15, 0.2) is 16.8 Å². The predicted octanol–water partition coefficient (Wildman–Crippen LogP) is 6.72. The number of fused-ring (bicyclic) bond motifs is 1. The molecule has 0 atom stereocenters. The van der Waals surface area contributed by atoms with Crippen molar-refractivity contribution >= 4 is 39.9 Å². The van der Waals surface area contributed by atoms with Gasteiger partial charge in [-0.15, -0.1) is 10.2 Å². The fourth-order valence-electron chi connectivity index (χ4n) is 3.54. The molecule has 0 fully saturated rings. The zero-order valence-electron chi connectivity index (χ0n) is 17.0. The predicted molar refractivity (Wildman–Crippen MR) is 131 cm³/mol. The summed E-state index contributed by atoms with van der Waals surface area (Å²) in [5.41, 5.74) is 2.53. The van der Waals surface area contributed by atoms with Gasteiger partial charge in [0.25, 0.3) is 0 Å². The van der Waals surface area contributed by atoms with Gasteiger partial charge < -0.3 is 0 Å². The van der Waals surface area contributed by atoms with Crippen LogP contribution in [0.5, 0.6) is 0 Å². The van der Waals surface area contributed by atoms with E-state index in [9.17, 15) is 4.79 Å². The molecule has 0 N–H and O–H groups in total. The molecule has 0 radical (unpaired) electrons. The summed E-state index contributed by atoms with van der Waals surface area (Å²) < 4.78 is 1.97. The summed E-state index contributed by atoms with van der Waals surface area (Å²) in [6.45, 7) is 0. The topological polar surface area (TPSA) is 47.8 Å². The third kappa shape index (κ3) is 4.17. The van der Waals surface area contributed by atoms with Crippen molar-refractivity contribution < 1.29 is 4.79 Å². The zero-order valence-corrected chi connectivity index (χ0v) is 18.6. The van der Waals surface area contributed by atoms with Gasteiger partial charge in [0.1, 0.15) is 0 Å². The summed E-state index contributed by atoms with van der Waals surface area (Å²) >= 11 is 7.44. The molecule has 0 saturated heterocycles. The Morgan fingerprint density at radius 3 is 2.31 bits per heavy atom. The van der Waals surface area contributed by atoms with E-state index in [1.54, 1.807) is 0 Å². The van der Waals surface area contributed by atoms with Crippen molar-refractivity contribution in [2.45, 2.75) is 5.16 Å². The van der Waals surface area contributed by atoms with Crippen molar-refractivity contribution in [3.8, 4) is 17.1 Å². The van der Waals surface area contributed by atoms with Crippen LogP contribution in [-0.2, 0) is 0 Å². The van der Waals surface area contributed by atoms with E-state index in [2.05, 4.69) is 10.2 Å². The number of thioether (sulfide) groups is 1. The smallest absolute Gasteiger partial charge is 0.196 e. The number of hydrogen-bond donors (Lipinski definition) is 0. The van der Waals surface area contributed by atoms with Gasteiger partial charge >= 0.3 is 0 Å². The normalized spacial score (nSPS) is 11.0. The van der Waals surface area contributed by atoms with Crippen LogP contribution >= 0.6 is 23.4 Å². The van der Waals surface area contributed by atoms with Crippen molar-refractivity contribution in [2.24, 2.45) is 0 Å². The maximum atomic E-state index is 12.9. The SMILES string of the molecule is O=C(CSc1nnc(-c2ccc(Cl)cc2)n1-c1ccccc1)c1ccc2ccccc2c1. The monoisotopic (exact) mass is 455 g/mol. The molecule has 0 unspecified atom stereocenters. The first-order valence-electron chi connectivity index (χ1n) is 10.1. The average molecular weight is 456 g/mol. The Balaban J connectivity index is 1.45. The number of carbonyl (C=O) groups excluding carboxylic acids is 1. The van der Waals surface area contributed by atoms with Crippen LogP contribution in [0.4, 0.5) is 0 Å². The molecular formula is C26H18ClN3OS. The second-order valence-corrected chi connectivity index (χ2v) is 8.64. The van der Waals surface area contributed by atoms with Crippen molar-refractivity contribution in [1.82, 2.24) is 14.8 Å². The molecule has 0 aliphatic rings. The molecule has 0 spiro atoms. The van der Waals surface area contributed by atoms with E-state index >= 15 is 0 Å². The van der Waals surface area contributed by atoms with Crippen LogP contribution in [0, 0.1) is 0 Å². The first-order valence-corrected chi connectivity index (χ1v) is 11.5. The van der Waals surface area contributed by atoms with Gasteiger partial charge in [-0.2, -0.15) is 0 Å². The Morgan fingerprint density at radius 1 is 0.812 bits per heavy atom. The lowest BCUT2D eigenvalue weighted by Gasteiger charge is -2.10. The zero-order chi connectivity index (χ0) is 21.9. The van der Waals surface area contributed by atoms with E-state index < -0.39 is 0 Å². The van der Waals surface area contributed by atoms with Crippen molar-refractivity contribution in [3.63, 3.8) is 0 Å². The summed E-state index contributed by atoms with van der Waals surface area (Å²) in [5.74, 6) is 1.02. The fourth-order valence-corrected chi connectivity index (χ4v) is 4.51. The Labute approximate surface area is 194 Å². The first-order chi connectivity index (χ1) is 15.7. The van der Waals surface area contributed by atoms with Crippen LogP contribution in [0.2, 0.25) is 5.02 Å². The number of rotatable bonds is 6. The summed E-state index contributed by atoms with van der Waals surface area (Å²) in [4.78, 5) is 12.9. The molecule has 4 aromatic carbocycles. The molecule has 1 heterocycles. The van der Waals surface area contributed by atoms with Crippen LogP contribution in [0.25, 0.3) is 27.8 Å². The Morgan fingerprint density at radius 2 is 1.53 bits per heavy atom. The number of hydrogen-bond acceptors (Lipinski definition) is 4. The van der Waals surface area contributed by atoms with Gasteiger partial charge in [0.05, 0.1) is 5.75 Å². The Hall–Kier alpha value is -3.41. The lowest BCUT2D eigenvalue weighted by atomic mass is 10.1. The van der Waals surface area contributed by atoms with Gasteiger partial charge in [-0.3, -0.25) is 9.36 Å². The molecule has 4 nitrogen and oxygen atoms in total. The minimum absolute atomic E-state index is 0.0522. The molecule has 0 bridgehead atoms. The fraction of sp³-hybridized carbons (Fsp3) is 0.0385. The van der Waals surface area contributed by atoms with Crippen molar-refractivity contribution in [2.75, 3.05) is 5.75 Å². The van der Waals surface area contributed by atoms with E-state index in [0.29, 0.717) is 21.6 Å². The number of aromatic nitrogens is 3. The van der Waals surface area contributed by atoms with E-state index in [-0.39, 0.29) is 11.5 Å². The van der Waals surface area contributed by atoms with E-state index in [1.165, 1.54) is 11.8 Å². The summed E-state index contributed by atoms with van der Waals surface area (Å²) in [6, 6.07) is 31.2. The van der Waals surface area contributed by atoms with Gasteiger partial charge in [-0.05, 0) is 53.2 Å². The molecule has 32 heavy (non-hydrogen) atoms. The number of nitrogens with zero attached hydrogens (tertiary/aromatic N) is 3. The number of halogens is 1. The molecular weight excluding hydrogens is 438 g/mol. The molecule has 0 amide bonds. The summed E-state index contributed by atoms with van der Waals surface area (Å²) in [7, 11) is 0. The van der Waals surface area contributed by atoms with Gasteiger partial charge in [-0.25, -0.2) is 0 Å². The second-order valence-electron chi connectivity index (χ2n) is 7.26. The van der Waals surface area contributed by atoms with Crippen molar-refractivity contribution in [3.05, 3.63) is 108 Å². The lowest BCUT2D eigenvalue weighted by molar-refractivity contribution is 0.102. The Bertz CT molecular complexity index is 1400. The minimum Gasteiger partial charge on any atom is -0.293 e. The van der Waals surface area contributed by atoms with Crippen LogP contribution in [0.1, 0.15) is 10.4 Å². The highest BCUT2D eigenvalue weighted by atomic mass is 35.5. The van der Waals surface area contributed by atoms with E-state index in [0.717, 1.165) is 22.0 Å². The maximum absolute atomic E-state index is 12.9. The van der Waals surface area contributed by atoms with E-state index in [4.69, 9.17) is 11.6 Å².